The number of H-pyrrole nitrogens is 1. The topological polar surface area (TPSA) is 96.4 Å². The van der Waals surface area contributed by atoms with Crippen molar-refractivity contribution in [2.45, 2.75) is 6.29 Å². The smallest absolute Gasteiger partial charge is 0.225 e. The standard InChI is InChI=1S/C20H22FN5O3/c1-26(2)20-22-6-5-16(25-20)14-7-13(3-4-15(14)21)17-8-23-18(24-17)19-28-10-12(9-27)11-29-19/h3-8,12,19,27H,9-11H2,1-2H3,(H,23,24). The number of rotatable bonds is 5. The number of anilines is 1. The number of aromatic amines is 1. The highest BCUT2D eigenvalue weighted by atomic mass is 19.1. The fourth-order valence-corrected chi connectivity index (χ4v) is 3.01. The average Bonchev–Trinajstić information content (AvgIpc) is 3.24. The second-order valence-electron chi connectivity index (χ2n) is 7.06. The van der Waals surface area contributed by atoms with E-state index in [1.54, 1.807) is 35.5 Å². The first-order chi connectivity index (χ1) is 14.0. The maximum atomic E-state index is 14.5. The monoisotopic (exact) mass is 399 g/mol. The van der Waals surface area contributed by atoms with Gasteiger partial charge in [0, 0.05) is 37.3 Å². The largest absolute Gasteiger partial charge is 0.396 e. The van der Waals surface area contributed by atoms with Gasteiger partial charge in [-0.25, -0.2) is 19.3 Å². The zero-order chi connectivity index (χ0) is 20.4. The first-order valence-corrected chi connectivity index (χ1v) is 9.24. The minimum atomic E-state index is -0.615. The second-order valence-corrected chi connectivity index (χ2v) is 7.06. The van der Waals surface area contributed by atoms with Gasteiger partial charge >= 0.3 is 0 Å². The van der Waals surface area contributed by atoms with E-state index in [9.17, 15) is 4.39 Å². The van der Waals surface area contributed by atoms with Crippen LogP contribution < -0.4 is 4.90 Å². The Bertz CT molecular complexity index is 986. The van der Waals surface area contributed by atoms with Gasteiger partial charge in [-0.3, -0.25) is 0 Å². The molecule has 0 aliphatic carbocycles. The lowest BCUT2D eigenvalue weighted by molar-refractivity contribution is -0.213. The lowest BCUT2D eigenvalue weighted by Crippen LogP contribution is -2.29. The Hall–Kier alpha value is -2.88. The van der Waals surface area contributed by atoms with Crippen LogP contribution in [0.5, 0.6) is 0 Å². The number of nitrogens with zero attached hydrogens (tertiary/aromatic N) is 4. The van der Waals surface area contributed by atoms with E-state index in [1.807, 2.05) is 14.1 Å². The number of aliphatic hydroxyl groups excluding tert-OH is 1. The van der Waals surface area contributed by atoms with Gasteiger partial charge in [0.25, 0.3) is 0 Å². The van der Waals surface area contributed by atoms with Gasteiger partial charge in [-0.05, 0) is 24.3 Å². The first kappa shape index (κ1) is 19.4. The van der Waals surface area contributed by atoms with E-state index in [0.717, 1.165) is 5.56 Å². The summed E-state index contributed by atoms with van der Waals surface area (Å²) in [5.74, 6) is 0.634. The highest BCUT2D eigenvalue weighted by Gasteiger charge is 2.25. The second kappa shape index (κ2) is 8.24. The molecule has 4 rings (SSSR count). The molecule has 0 amide bonds. The van der Waals surface area contributed by atoms with Gasteiger partial charge in [0.05, 0.1) is 37.4 Å². The van der Waals surface area contributed by atoms with Gasteiger partial charge in [-0.2, -0.15) is 0 Å². The molecule has 0 saturated carbocycles. The molecule has 1 fully saturated rings. The summed E-state index contributed by atoms with van der Waals surface area (Å²) in [4.78, 5) is 17.9. The summed E-state index contributed by atoms with van der Waals surface area (Å²) in [6.07, 6.45) is 2.65. The van der Waals surface area contributed by atoms with Crippen LogP contribution in [0.2, 0.25) is 0 Å². The number of imidazole rings is 1. The molecule has 8 nitrogen and oxygen atoms in total. The molecule has 0 bridgehead atoms. The zero-order valence-corrected chi connectivity index (χ0v) is 16.2. The Morgan fingerprint density at radius 1 is 1.21 bits per heavy atom. The van der Waals surface area contributed by atoms with Crippen LogP contribution in [0.4, 0.5) is 10.3 Å². The van der Waals surface area contributed by atoms with Crippen LogP contribution in [0.3, 0.4) is 0 Å². The molecule has 2 aromatic heterocycles. The molecule has 29 heavy (non-hydrogen) atoms. The molecule has 2 N–H and O–H groups in total. The van der Waals surface area contributed by atoms with Gasteiger partial charge in [-0.1, -0.05) is 0 Å². The zero-order valence-electron chi connectivity index (χ0n) is 16.2. The van der Waals surface area contributed by atoms with Crippen LogP contribution in [0, 0.1) is 11.7 Å². The van der Waals surface area contributed by atoms with Crippen molar-refractivity contribution >= 4 is 5.95 Å². The fourth-order valence-electron chi connectivity index (χ4n) is 3.01. The quantitative estimate of drug-likeness (QED) is 0.680. The molecule has 1 aliphatic heterocycles. The molecule has 0 unspecified atom stereocenters. The molecule has 3 heterocycles. The maximum absolute atomic E-state index is 14.5. The third-order valence-corrected chi connectivity index (χ3v) is 4.64. The molecular formula is C20H22FN5O3. The van der Waals surface area contributed by atoms with Crippen molar-refractivity contribution in [3.05, 3.63) is 48.3 Å². The molecule has 1 aliphatic rings. The number of hydrogen-bond donors (Lipinski definition) is 2. The minimum absolute atomic E-state index is 0.0209. The highest BCUT2D eigenvalue weighted by molar-refractivity contribution is 5.70. The lowest BCUT2D eigenvalue weighted by Gasteiger charge is -2.26. The third-order valence-electron chi connectivity index (χ3n) is 4.64. The molecule has 1 aromatic carbocycles. The van der Waals surface area contributed by atoms with Crippen LogP contribution in [0.1, 0.15) is 12.1 Å². The Morgan fingerprint density at radius 3 is 2.72 bits per heavy atom. The molecule has 1 saturated heterocycles. The van der Waals surface area contributed by atoms with Crippen molar-refractivity contribution in [1.29, 1.82) is 0 Å². The van der Waals surface area contributed by atoms with E-state index in [-0.39, 0.29) is 18.3 Å². The van der Waals surface area contributed by atoms with Crippen LogP contribution in [0.15, 0.2) is 36.7 Å². The molecule has 0 spiro atoms. The summed E-state index contributed by atoms with van der Waals surface area (Å²) in [5, 5.41) is 9.16. The summed E-state index contributed by atoms with van der Waals surface area (Å²) in [6.45, 7) is 0.826. The SMILES string of the molecule is CN(C)c1nccc(-c2cc(-c3cnc(C4OCC(CO)CO4)[nH]3)ccc2F)n1. The van der Waals surface area contributed by atoms with Gasteiger partial charge in [0.1, 0.15) is 5.82 Å². The lowest BCUT2D eigenvalue weighted by atomic mass is 10.1. The number of benzene rings is 1. The molecule has 3 aromatic rings. The van der Waals surface area contributed by atoms with Crippen molar-refractivity contribution in [3.8, 4) is 22.5 Å². The Balaban J connectivity index is 1.60. The predicted molar refractivity (Wildman–Crippen MR) is 105 cm³/mol. The van der Waals surface area contributed by atoms with Gasteiger partial charge in [0.2, 0.25) is 12.2 Å². The summed E-state index contributed by atoms with van der Waals surface area (Å²) in [7, 11) is 3.66. The van der Waals surface area contributed by atoms with Crippen molar-refractivity contribution < 1.29 is 19.0 Å². The summed E-state index contributed by atoms with van der Waals surface area (Å²) < 4.78 is 25.7. The Morgan fingerprint density at radius 2 is 2.00 bits per heavy atom. The third kappa shape index (κ3) is 4.12. The van der Waals surface area contributed by atoms with E-state index in [2.05, 4.69) is 19.9 Å². The molecule has 9 heteroatoms. The number of ether oxygens (including phenoxy) is 2. The van der Waals surface area contributed by atoms with Crippen LogP contribution >= 0.6 is 0 Å². The van der Waals surface area contributed by atoms with Crippen molar-refractivity contribution in [3.63, 3.8) is 0 Å². The van der Waals surface area contributed by atoms with Crippen LogP contribution in [-0.4, -0.2) is 59.0 Å². The number of nitrogens with one attached hydrogen (secondary N) is 1. The molecule has 0 atom stereocenters. The number of hydrogen-bond acceptors (Lipinski definition) is 7. The van der Waals surface area contributed by atoms with Crippen molar-refractivity contribution in [2.75, 3.05) is 38.8 Å². The molecule has 152 valence electrons. The van der Waals surface area contributed by atoms with Crippen molar-refractivity contribution in [1.82, 2.24) is 19.9 Å². The molecular weight excluding hydrogens is 377 g/mol. The Kier molecular flexibility index (Phi) is 5.52. The normalized spacial score (nSPS) is 19.3. The van der Waals surface area contributed by atoms with E-state index in [0.29, 0.717) is 41.9 Å². The predicted octanol–water partition coefficient (Wildman–Crippen LogP) is 2.39. The number of aliphatic hydroxyl groups is 1. The number of halogens is 1. The van der Waals surface area contributed by atoms with Gasteiger partial charge in [-0.15, -0.1) is 0 Å². The van der Waals surface area contributed by atoms with Crippen LogP contribution in [0.25, 0.3) is 22.5 Å². The summed E-state index contributed by atoms with van der Waals surface area (Å²) in [6, 6.07) is 6.48. The summed E-state index contributed by atoms with van der Waals surface area (Å²) in [5.41, 5.74) is 2.34. The van der Waals surface area contributed by atoms with Crippen molar-refractivity contribution in [2.24, 2.45) is 5.92 Å². The first-order valence-electron chi connectivity index (χ1n) is 9.24. The fraction of sp³-hybridized carbons (Fsp3) is 0.350. The molecule has 0 radical (unpaired) electrons. The van der Waals surface area contributed by atoms with Crippen LogP contribution in [-0.2, 0) is 9.47 Å². The van der Waals surface area contributed by atoms with E-state index < -0.39 is 6.29 Å². The van der Waals surface area contributed by atoms with E-state index in [1.165, 1.54) is 6.07 Å². The van der Waals surface area contributed by atoms with Gasteiger partial charge in [0.15, 0.2) is 5.82 Å². The Labute approximate surface area is 167 Å². The highest BCUT2D eigenvalue weighted by Crippen LogP contribution is 2.29. The van der Waals surface area contributed by atoms with E-state index in [4.69, 9.17) is 14.6 Å². The average molecular weight is 399 g/mol. The maximum Gasteiger partial charge on any atom is 0.225 e. The minimum Gasteiger partial charge on any atom is -0.396 e. The number of aromatic nitrogens is 4. The summed E-state index contributed by atoms with van der Waals surface area (Å²) >= 11 is 0. The van der Waals surface area contributed by atoms with Gasteiger partial charge < -0.3 is 24.5 Å². The van der Waals surface area contributed by atoms with E-state index >= 15 is 0 Å².